The molecule has 0 aliphatic carbocycles. The summed E-state index contributed by atoms with van der Waals surface area (Å²) in [5.74, 6) is -0.466. The Balaban J connectivity index is 2.15. The van der Waals surface area contributed by atoms with E-state index in [-0.39, 0.29) is 11.4 Å². The fourth-order valence-electron chi connectivity index (χ4n) is 2.50. The topological polar surface area (TPSA) is 76.4 Å². The van der Waals surface area contributed by atoms with Crippen molar-refractivity contribution in [2.75, 3.05) is 7.11 Å². The van der Waals surface area contributed by atoms with Crippen molar-refractivity contribution in [2.45, 2.75) is 26.9 Å². The summed E-state index contributed by atoms with van der Waals surface area (Å²) >= 11 is 0. The fourth-order valence-corrected chi connectivity index (χ4v) is 2.50. The van der Waals surface area contributed by atoms with Crippen LogP contribution in [-0.4, -0.2) is 25.0 Å². The van der Waals surface area contributed by atoms with Crippen molar-refractivity contribution in [3.63, 3.8) is 0 Å². The van der Waals surface area contributed by atoms with Crippen LogP contribution in [0.5, 0.6) is 5.75 Å². The van der Waals surface area contributed by atoms with Gasteiger partial charge in [-0.3, -0.25) is 4.79 Å². The first-order valence-corrected chi connectivity index (χ1v) is 8.44. The average Bonchev–Trinajstić information content (AvgIpc) is 2.67. The van der Waals surface area contributed by atoms with Gasteiger partial charge in [-0.25, -0.2) is 4.79 Å². The SMILES string of the molecule is COc1ccc(/C=C(\C#N)C(=O)O[C@@H](C)C(=O)c2cc(C)ccc2C)cc1. The first-order chi connectivity index (χ1) is 12.8. The number of nitrogens with zero attached hydrogens (tertiary/aromatic N) is 1. The lowest BCUT2D eigenvalue weighted by atomic mass is 9.99. The second kappa shape index (κ2) is 8.81. The number of carbonyl (C=O) groups is 2. The molecule has 0 aliphatic rings. The van der Waals surface area contributed by atoms with Gasteiger partial charge in [0.25, 0.3) is 0 Å². The summed E-state index contributed by atoms with van der Waals surface area (Å²) < 4.78 is 10.3. The molecule has 0 heterocycles. The van der Waals surface area contributed by atoms with Gasteiger partial charge in [0.05, 0.1) is 7.11 Å². The van der Waals surface area contributed by atoms with Crippen molar-refractivity contribution in [3.05, 3.63) is 70.3 Å². The van der Waals surface area contributed by atoms with Crippen molar-refractivity contribution < 1.29 is 19.1 Å². The molecule has 0 fully saturated rings. The highest BCUT2D eigenvalue weighted by Gasteiger charge is 2.23. The van der Waals surface area contributed by atoms with Crippen LogP contribution in [0.2, 0.25) is 0 Å². The van der Waals surface area contributed by atoms with Crippen LogP contribution in [0.1, 0.15) is 34.0 Å². The van der Waals surface area contributed by atoms with Crippen LogP contribution in [-0.2, 0) is 9.53 Å². The molecule has 0 amide bonds. The van der Waals surface area contributed by atoms with Crippen LogP contribution < -0.4 is 4.74 Å². The van der Waals surface area contributed by atoms with E-state index in [1.165, 1.54) is 13.0 Å². The van der Waals surface area contributed by atoms with Crippen LogP contribution in [0.15, 0.2) is 48.0 Å². The molecule has 5 nitrogen and oxygen atoms in total. The lowest BCUT2D eigenvalue weighted by Crippen LogP contribution is -2.25. The third-order valence-electron chi connectivity index (χ3n) is 4.08. The van der Waals surface area contributed by atoms with E-state index in [2.05, 4.69) is 0 Å². The van der Waals surface area contributed by atoms with Crippen molar-refractivity contribution >= 4 is 17.8 Å². The van der Waals surface area contributed by atoms with Crippen molar-refractivity contribution in [1.29, 1.82) is 5.26 Å². The number of methoxy groups -OCH3 is 1. The minimum Gasteiger partial charge on any atom is -0.497 e. The normalized spacial score (nSPS) is 12.0. The molecule has 0 aliphatic heterocycles. The first-order valence-electron chi connectivity index (χ1n) is 8.44. The molecule has 0 saturated carbocycles. The summed E-state index contributed by atoms with van der Waals surface area (Å²) in [4.78, 5) is 24.9. The highest BCUT2D eigenvalue weighted by molar-refractivity contribution is 6.04. The Hall–Kier alpha value is -3.39. The molecule has 0 unspecified atom stereocenters. The number of rotatable bonds is 6. The molecule has 2 rings (SSSR count). The van der Waals surface area contributed by atoms with Gasteiger partial charge in [-0.15, -0.1) is 0 Å². The lowest BCUT2D eigenvalue weighted by Gasteiger charge is -2.14. The van der Waals surface area contributed by atoms with Gasteiger partial charge in [0.15, 0.2) is 6.10 Å². The maximum absolute atomic E-state index is 12.6. The van der Waals surface area contributed by atoms with E-state index < -0.39 is 12.1 Å². The van der Waals surface area contributed by atoms with E-state index in [1.807, 2.05) is 32.0 Å². The summed E-state index contributed by atoms with van der Waals surface area (Å²) in [5.41, 5.74) is 2.73. The van der Waals surface area contributed by atoms with Gasteiger partial charge in [-0.05, 0) is 56.2 Å². The van der Waals surface area contributed by atoms with Gasteiger partial charge in [-0.2, -0.15) is 5.26 Å². The zero-order chi connectivity index (χ0) is 20.0. The first kappa shape index (κ1) is 19.9. The second-order valence-corrected chi connectivity index (χ2v) is 6.17. The number of esters is 1. The smallest absolute Gasteiger partial charge is 0.349 e. The summed E-state index contributed by atoms with van der Waals surface area (Å²) in [7, 11) is 1.55. The minimum absolute atomic E-state index is 0.180. The van der Waals surface area contributed by atoms with Crippen molar-refractivity contribution in [3.8, 4) is 11.8 Å². The lowest BCUT2D eigenvalue weighted by molar-refractivity contribution is -0.141. The second-order valence-electron chi connectivity index (χ2n) is 6.17. The minimum atomic E-state index is -0.995. The van der Waals surface area contributed by atoms with E-state index in [0.29, 0.717) is 16.9 Å². The Morgan fingerprint density at radius 3 is 2.37 bits per heavy atom. The van der Waals surface area contributed by atoms with Crippen molar-refractivity contribution in [1.82, 2.24) is 0 Å². The number of hydrogen-bond acceptors (Lipinski definition) is 5. The van der Waals surface area contributed by atoms with Crippen LogP contribution in [0.25, 0.3) is 6.08 Å². The highest BCUT2D eigenvalue weighted by Crippen LogP contribution is 2.17. The Kier molecular flexibility index (Phi) is 6.51. The Labute approximate surface area is 158 Å². The van der Waals surface area contributed by atoms with E-state index >= 15 is 0 Å². The van der Waals surface area contributed by atoms with E-state index in [1.54, 1.807) is 37.4 Å². The summed E-state index contributed by atoms with van der Waals surface area (Å²) in [6, 6.07) is 14.2. The number of ketones is 1. The summed E-state index contributed by atoms with van der Waals surface area (Å²) in [6.07, 6.45) is 0.419. The van der Waals surface area contributed by atoms with Crippen LogP contribution in [0.4, 0.5) is 0 Å². The van der Waals surface area contributed by atoms with Crippen LogP contribution >= 0.6 is 0 Å². The Morgan fingerprint density at radius 2 is 1.78 bits per heavy atom. The van der Waals surface area contributed by atoms with Gasteiger partial charge in [0.1, 0.15) is 17.4 Å². The van der Waals surface area contributed by atoms with E-state index in [4.69, 9.17) is 9.47 Å². The highest BCUT2D eigenvalue weighted by atomic mass is 16.5. The number of aryl methyl sites for hydroxylation is 2. The van der Waals surface area contributed by atoms with E-state index in [0.717, 1.165) is 11.1 Å². The standard InChI is InChI=1S/C22H21NO4/c1-14-5-6-15(2)20(11-14)21(24)16(3)27-22(25)18(13-23)12-17-7-9-19(26-4)10-8-17/h5-12,16H,1-4H3/b18-12+/t16-/m0/s1. The third kappa shape index (κ3) is 5.05. The molecule has 138 valence electrons. The van der Waals surface area contributed by atoms with E-state index in [9.17, 15) is 14.9 Å². The molecule has 2 aromatic rings. The molecule has 0 N–H and O–H groups in total. The van der Waals surface area contributed by atoms with Gasteiger partial charge >= 0.3 is 5.97 Å². The molecule has 5 heteroatoms. The van der Waals surface area contributed by atoms with Crippen LogP contribution in [0, 0.1) is 25.2 Å². The number of benzene rings is 2. The third-order valence-corrected chi connectivity index (χ3v) is 4.08. The number of Topliss-reactive ketones (excluding diaryl/α,β-unsaturated/α-hetero) is 1. The molecule has 27 heavy (non-hydrogen) atoms. The molecule has 0 bridgehead atoms. The summed E-state index contributed by atoms with van der Waals surface area (Å²) in [6.45, 7) is 5.22. The molecule has 1 atom stereocenters. The monoisotopic (exact) mass is 363 g/mol. The number of nitriles is 1. The largest absolute Gasteiger partial charge is 0.497 e. The van der Waals surface area contributed by atoms with Gasteiger partial charge < -0.3 is 9.47 Å². The van der Waals surface area contributed by atoms with Crippen LogP contribution in [0.3, 0.4) is 0 Å². The molecule has 0 aromatic heterocycles. The number of hydrogen-bond donors (Lipinski definition) is 0. The number of ether oxygens (including phenoxy) is 2. The van der Waals surface area contributed by atoms with Gasteiger partial charge in [-0.1, -0.05) is 29.8 Å². The summed E-state index contributed by atoms with van der Waals surface area (Å²) in [5, 5.41) is 9.28. The predicted molar refractivity (Wildman–Crippen MR) is 102 cm³/mol. The van der Waals surface area contributed by atoms with Gasteiger partial charge in [0.2, 0.25) is 5.78 Å². The predicted octanol–water partition coefficient (Wildman–Crippen LogP) is 4.03. The maximum atomic E-state index is 12.6. The molecule has 0 radical (unpaired) electrons. The van der Waals surface area contributed by atoms with Gasteiger partial charge in [0, 0.05) is 5.56 Å². The zero-order valence-corrected chi connectivity index (χ0v) is 15.8. The zero-order valence-electron chi connectivity index (χ0n) is 15.8. The fraction of sp³-hybridized carbons (Fsp3) is 0.227. The Bertz CT molecular complexity index is 920. The van der Waals surface area contributed by atoms with Crippen molar-refractivity contribution in [2.24, 2.45) is 0 Å². The molecular formula is C22H21NO4. The molecular weight excluding hydrogens is 342 g/mol. The molecule has 0 spiro atoms. The molecule has 0 saturated heterocycles. The Morgan fingerprint density at radius 1 is 1.11 bits per heavy atom. The quantitative estimate of drug-likeness (QED) is 0.335. The number of carbonyl (C=O) groups excluding carboxylic acids is 2. The average molecular weight is 363 g/mol. The maximum Gasteiger partial charge on any atom is 0.349 e. The molecule has 2 aromatic carbocycles.